The van der Waals surface area contributed by atoms with Crippen LogP contribution in [0.25, 0.3) is 17.0 Å². The predicted octanol–water partition coefficient (Wildman–Crippen LogP) is 2.03. The molecule has 120 valence electrons. The van der Waals surface area contributed by atoms with Crippen molar-refractivity contribution in [3.8, 4) is 0 Å². The zero-order chi connectivity index (χ0) is 17.3. The highest BCUT2D eigenvalue weighted by molar-refractivity contribution is 9.10. The van der Waals surface area contributed by atoms with Gasteiger partial charge in [0.1, 0.15) is 17.4 Å². The average molecular weight is 405 g/mol. The monoisotopic (exact) mass is 404 g/mol. The number of carbonyl (C=O) groups excluding carboxylic acids is 2. The van der Waals surface area contributed by atoms with Gasteiger partial charge in [0.15, 0.2) is 10.5 Å². The van der Waals surface area contributed by atoms with Gasteiger partial charge in [0.2, 0.25) is 0 Å². The Balaban J connectivity index is 1.92. The van der Waals surface area contributed by atoms with E-state index in [-0.39, 0.29) is 16.1 Å². The molecule has 2 amide bonds. The van der Waals surface area contributed by atoms with E-state index >= 15 is 0 Å². The van der Waals surface area contributed by atoms with Crippen molar-refractivity contribution in [2.24, 2.45) is 0 Å². The molecule has 0 spiro atoms. The Bertz CT molecular complexity index is 985. The van der Waals surface area contributed by atoms with Gasteiger partial charge in [-0.05, 0) is 42.6 Å². The molecule has 1 aromatic heterocycles. The highest BCUT2D eigenvalue weighted by Crippen LogP contribution is 2.18. The van der Waals surface area contributed by atoms with Crippen LogP contribution in [0, 0.1) is 0 Å². The Hall–Kier alpha value is -2.58. The van der Waals surface area contributed by atoms with Gasteiger partial charge in [0.05, 0.1) is 10.9 Å². The number of carbonyl (C=O) groups is 2. The number of fused-ring (bicyclic) bond motifs is 1. The lowest BCUT2D eigenvalue weighted by atomic mass is 10.1. The molecule has 1 aromatic carbocycles. The highest BCUT2D eigenvalue weighted by atomic mass is 79.9. The second-order valence-corrected chi connectivity index (χ2v) is 6.16. The van der Waals surface area contributed by atoms with Gasteiger partial charge in [0.25, 0.3) is 11.8 Å². The maximum absolute atomic E-state index is 12.4. The van der Waals surface area contributed by atoms with Gasteiger partial charge in [0, 0.05) is 4.47 Å². The summed E-state index contributed by atoms with van der Waals surface area (Å²) in [5, 5.41) is 5.05. The summed E-state index contributed by atoms with van der Waals surface area (Å²) in [6.45, 7) is 0. The third kappa shape index (κ3) is 3.19. The van der Waals surface area contributed by atoms with E-state index in [4.69, 9.17) is 16.6 Å². The first kappa shape index (κ1) is 16.3. The second-order valence-electron chi connectivity index (χ2n) is 4.84. The van der Waals surface area contributed by atoms with Crippen LogP contribution in [0.2, 0.25) is 0 Å². The maximum atomic E-state index is 12.4. The molecule has 0 unspecified atom stereocenters. The predicted molar refractivity (Wildman–Crippen MR) is 96.2 cm³/mol. The van der Waals surface area contributed by atoms with Crippen molar-refractivity contribution in [2.75, 3.05) is 0 Å². The highest BCUT2D eigenvalue weighted by Gasteiger charge is 2.24. The molecule has 2 heterocycles. The molecular formula is C16H9BrN2O4S. The molecular weight excluding hydrogens is 396 g/mol. The Morgan fingerprint density at radius 2 is 1.83 bits per heavy atom. The van der Waals surface area contributed by atoms with Crippen molar-refractivity contribution >= 4 is 62.1 Å². The molecule has 1 fully saturated rings. The van der Waals surface area contributed by atoms with Crippen molar-refractivity contribution < 1.29 is 14.0 Å². The minimum atomic E-state index is -0.594. The van der Waals surface area contributed by atoms with E-state index in [1.807, 2.05) is 0 Å². The number of amides is 2. The molecule has 0 aliphatic carbocycles. The lowest BCUT2D eigenvalue weighted by Gasteiger charge is -2.15. The zero-order valence-corrected chi connectivity index (χ0v) is 14.4. The first-order valence-corrected chi connectivity index (χ1v) is 7.92. The minimum Gasteiger partial charge on any atom is -0.463 e. The van der Waals surface area contributed by atoms with E-state index in [9.17, 15) is 14.4 Å². The molecule has 0 atom stereocenters. The maximum Gasteiger partial charge on any atom is 0.263 e. The van der Waals surface area contributed by atoms with E-state index < -0.39 is 11.8 Å². The summed E-state index contributed by atoms with van der Waals surface area (Å²) in [6, 6.07) is 5.10. The summed E-state index contributed by atoms with van der Waals surface area (Å²) in [5.74, 6) is -1.19. The number of benzene rings is 1. The molecule has 2 aromatic rings. The third-order valence-corrected chi connectivity index (χ3v) is 3.94. The summed E-state index contributed by atoms with van der Waals surface area (Å²) < 4.78 is 6.23. The molecule has 0 saturated carbocycles. The molecule has 6 nitrogen and oxygen atoms in total. The number of hydrogen-bond acceptors (Lipinski definition) is 5. The Labute approximate surface area is 149 Å². The fraction of sp³-hybridized carbons (Fsp3) is 0. The van der Waals surface area contributed by atoms with E-state index in [1.165, 1.54) is 24.5 Å². The minimum absolute atomic E-state index is 0.0348. The Morgan fingerprint density at radius 3 is 2.54 bits per heavy atom. The number of thiocarbonyl (C=S) groups is 1. The van der Waals surface area contributed by atoms with Crippen LogP contribution in [-0.4, -0.2) is 16.9 Å². The number of nitrogens with one attached hydrogen (secondary N) is 2. The van der Waals surface area contributed by atoms with Crippen LogP contribution in [-0.2, 0) is 9.59 Å². The van der Waals surface area contributed by atoms with E-state index in [2.05, 4.69) is 26.6 Å². The lowest BCUT2D eigenvalue weighted by molar-refractivity contribution is -0.123. The van der Waals surface area contributed by atoms with Gasteiger partial charge in [-0.25, -0.2) is 0 Å². The van der Waals surface area contributed by atoms with Gasteiger partial charge in [-0.15, -0.1) is 0 Å². The smallest absolute Gasteiger partial charge is 0.263 e. The second kappa shape index (κ2) is 6.50. The van der Waals surface area contributed by atoms with Gasteiger partial charge >= 0.3 is 0 Å². The van der Waals surface area contributed by atoms with Crippen LogP contribution in [0.3, 0.4) is 0 Å². The van der Waals surface area contributed by atoms with Crippen molar-refractivity contribution in [3.05, 3.63) is 62.4 Å². The van der Waals surface area contributed by atoms with Crippen LogP contribution < -0.4 is 16.1 Å². The fourth-order valence-corrected chi connectivity index (χ4v) is 2.63. The van der Waals surface area contributed by atoms with Crippen molar-refractivity contribution in [3.63, 3.8) is 0 Å². The number of allylic oxidation sites excluding steroid dienone is 2. The molecule has 0 radical (unpaired) electrons. The van der Waals surface area contributed by atoms with Crippen LogP contribution in [0.15, 0.2) is 55.9 Å². The Morgan fingerprint density at radius 1 is 1.12 bits per heavy atom. The fourth-order valence-electron chi connectivity index (χ4n) is 2.11. The number of halogens is 1. The standard InChI is InChI=1S/C16H9BrN2O4S/c17-9-4-5-10-12(6-9)23-7-8(13(10)20)2-1-3-11-14(21)18-16(24)19-15(11)22/h1-7H,(H2,18,19,21,22,24)/b2-1+. The molecule has 1 saturated heterocycles. The molecule has 8 heteroatoms. The molecule has 2 N–H and O–H groups in total. The van der Waals surface area contributed by atoms with Gasteiger partial charge in [-0.3, -0.25) is 25.0 Å². The van der Waals surface area contributed by atoms with Crippen LogP contribution in [0.5, 0.6) is 0 Å². The largest absolute Gasteiger partial charge is 0.463 e. The average Bonchev–Trinajstić information content (AvgIpc) is 2.51. The van der Waals surface area contributed by atoms with E-state index in [0.717, 1.165) is 4.47 Å². The third-order valence-electron chi connectivity index (χ3n) is 3.25. The summed E-state index contributed by atoms with van der Waals surface area (Å²) in [7, 11) is 0. The van der Waals surface area contributed by atoms with E-state index in [0.29, 0.717) is 16.5 Å². The van der Waals surface area contributed by atoms with Crippen molar-refractivity contribution in [1.29, 1.82) is 0 Å². The normalized spacial score (nSPS) is 14.9. The lowest BCUT2D eigenvalue weighted by Crippen LogP contribution is -2.51. The molecule has 3 rings (SSSR count). The summed E-state index contributed by atoms with van der Waals surface area (Å²) in [5.41, 5.74) is 0.448. The van der Waals surface area contributed by atoms with Crippen molar-refractivity contribution in [1.82, 2.24) is 10.6 Å². The number of rotatable bonds is 2. The zero-order valence-electron chi connectivity index (χ0n) is 12.0. The summed E-state index contributed by atoms with van der Waals surface area (Å²) >= 11 is 8.02. The van der Waals surface area contributed by atoms with Crippen LogP contribution in [0.1, 0.15) is 5.56 Å². The summed E-state index contributed by atoms with van der Waals surface area (Å²) in [4.78, 5) is 35.7. The van der Waals surface area contributed by atoms with Gasteiger partial charge in [-0.2, -0.15) is 0 Å². The molecule has 1 aliphatic heterocycles. The van der Waals surface area contributed by atoms with Crippen LogP contribution in [0.4, 0.5) is 0 Å². The van der Waals surface area contributed by atoms with Gasteiger partial charge in [-0.1, -0.05) is 22.0 Å². The first-order valence-electron chi connectivity index (χ1n) is 6.72. The summed E-state index contributed by atoms with van der Waals surface area (Å²) in [6.07, 6.45) is 5.52. The Kier molecular flexibility index (Phi) is 4.41. The molecule has 0 bridgehead atoms. The van der Waals surface area contributed by atoms with Gasteiger partial charge < -0.3 is 4.42 Å². The van der Waals surface area contributed by atoms with Crippen molar-refractivity contribution in [2.45, 2.75) is 0 Å². The van der Waals surface area contributed by atoms with Crippen LogP contribution >= 0.6 is 28.1 Å². The number of hydrogen-bond donors (Lipinski definition) is 2. The molecule has 1 aliphatic rings. The SMILES string of the molecule is O=C1NC(=S)NC(=O)C1=C/C=C/c1coc2cc(Br)ccc2c1=O. The van der Waals surface area contributed by atoms with E-state index in [1.54, 1.807) is 18.2 Å². The quantitative estimate of drug-likeness (QED) is 0.454. The topological polar surface area (TPSA) is 88.4 Å². The molecule has 24 heavy (non-hydrogen) atoms. The first-order chi connectivity index (χ1) is 11.5.